The maximum absolute atomic E-state index is 4.13. The van der Waals surface area contributed by atoms with Crippen molar-refractivity contribution in [1.29, 1.82) is 0 Å². The highest BCUT2D eigenvalue weighted by Crippen LogP contribution is 1.96. The summed E-state index contributed by atoms with van der Waals surface area (Å²) in [6.45, 7) is 5.15. The Labute approximate surface area is 61.1 Å². The minimum absolute atomic E-state index is 0.926. The Kier molecular flexibility index (Phi) is 2.42. The molecule has 0 radical (unpaired) electrons. The van der Waals surface area contributed by atoms with Crippen molar-refractivity contribution in [2.75, 3.05) is 0 Å². The largest absolute Gasteiger partial charge is 0.250 e. The highest BCUT2D eigenvalue weighted by atomic mass is 15.3. The van der Waals surface area contributed by atoms with E-state index in [2.05, 4.69) is 23.9 Å². The smallest absolute Gasteiger partial charge is 0.138 e. The van der Waals surface area contributed by atoms with Gasteiger partial charge in [0.25, 0.3) is 0 Å². The molecular formula is C7H13N3. The fourth-order valence-electron chi connectivity index (χ4n) is 0.969. The molecule has 0 amide bonds. The molecule has 0 unspecified atom stereocenters. The van der Waals surface area contributed by atoms with Gasteiger partial charge >= 0.3 is 0 Å². The third kappa shape index (κ3) is 1.35. The van der Waals surface area contributed by atoms with Crippen LogP contribution in [-0.4, -0.2) is 14.8 Å². The van der Waals surface area contributed by atoms with Gasteiger partial charge in [0.2, 0.25) is 0 Å². The summed E-state index contributed by atoms with van der Waals surface area (Å²) in [6, 6.07) is 0. The van der Waals surface area contributed by atoms with Crippen LogP contribution in [0.1, 0.15) is 26.1 Å². The van der Waals surface area contributed by atoms with E-state index in [1.165, 1.54) is 0 Å². The van der Waals surface area contributed by atoms with Crippen LogP contribution in [0.5, 0.6) is 0 Å². The summed E-state index contributed by atoms with van der Waals surface area (Å²) in [4.78, 5) is 4.13. The Balaban J connectivity index is 2.70. The number of rotatable bonds is 3. The van der Waals surface area contributed by atoms with Crippen molar-refractivity contribution < 1.29 is 0 Å². The summed E-state index contributed by atoms with van der Waals surface area (Å²) in [5, 5.41) is 4.06. The lowest BCUT2D eigenvalue weighted by Crippen LogP contribution is -2.02. The first-order valence-corrected chi connectivity index (χ1v) is 3.75. The van der Waals surface area contributed by atoms with Crippen LogP contribution in [0.2, 0.25) is 0 Å². The summed E-state index contributed by atoms with van der Waals surface area (Å²) in [6.07, 6.45) is 3.79. The highest BCUT2D eigenvalue weighted by molar-refractivity contribution is 4.83. The van der Waals surface area contributed by atoms with Gasteiger partial charge in [-0.2, -0.15) is 5.10 Å². The zero-order valence-electron chi connectivity index (χ0n) is 6.54. The maximum Gasteiger partial charge on any atom is 0.138 e. The molecule has 1 aromatic rings. The Morgan fingerprint density at radius 2 is 2.30 bits per heavy atom. The van der Waals surface area contributed by atoms with Crippen LogP contribution in [0.25, 0.3) is 0 Å². The van der Waals surface area contributed by atoms with E-state index >= 15 is 0 Å². The zero-order chi connectivity index (χ0) is 7.40. The lowest BCUT2D eigenvalue weighted by Gasteiger charge is -1.98. The van der Waals surface area contributed by atoms with Crippen LogP contribution in [0.4, 0.5) is 0 Å². The van der Waals surface area contributed by atoms with Gasteiger partial charge in [-0.15, -0.1) is 0 Å². The van der Waals surface area contributed by atoms with E-state index < -0.39 is 0 Å². The molecule has 1 heterocycles. The summed E-state index contributed by atoms with van der Waals surface area (Å²) >= 11 is 0. The first-order chi connectivity index (χ1) is 4.88. The molecule has 0 bridgehead atoms. The summed E-state index contributed by atoms with van der Waals surface area (Å²) in [7, 11) is 0. The fraction of sp³-hybridized carbons (Fsp3) is 0.714. The molecule has 3 heteroatoms. The minimum Gasteiger partial charge on any atom is -0.250 e. The lowest BCUT2D eigenvalue weighted by atomic mass is 10.3. The van der Waals surface area contributed by atoms with Gasteiger partial charge < -0.3 is 0 Å². The second-order valence-electron chi connectivity index (χ2n) is 2.24. The molecular weight excluding hydrogens is 126 g/mol. The van der Waals surface area contributed by atoms with Gasteiger partial charge in [-0.3, -0.25) is 4.68 Å². The molecule has 1 rings (SSSR count). The van der Waals surface area contributed by atoms with Crippen LogP contribution < -0.4 is 0 Å². The number of hydrogen-bond acceptors (Lipinski definition) is 2. The average molecular weight is 139 g/mol. The van der Waals surface area contributed by atoms with Crippen molar-refractivity contribution in [3.8, 4) is 0 Å². The van der Waals surface area contributed by atoms with E-state index in [1.54, 1.807) is 6.33 Å². The molecule has 10 heavy (non-hydrogen) atoms. The van der Waals surface area contributed by atoms with E-state index in [0.717, 1.165) is 25.2 Å². The second kappa shape index (κ2) is 3.34. The van der Waals surface area contributed by atoms with Gasteiger partial charge in [-0.1, -0.05) is 6.92 Å². The SMILES string of the molecule is CCCc1ncnn1CC. The highest BCUT2D eigenvalue weighted by Gasteiger charge is 1.98. The van der Waals surface area contributed by atoms with E-state index in [1.807, 2.05) is 4.68 Å². The first kappa shape index (κ1) is 7.25. The number of aromatic nitrogens is 3. The molecule has 0 spiro atoms. The van der Waals surface area contributed by atoms with Crippen LogP contribution in [0.15, 0.2) is 6.33 Å². The van der Waals surface area contributed by atoms with Gasteiger partial charge in [0.1, 0.15) is 12.2 Å². The van der Waals surface area contributed by atoms with Crippen LogP contribution in [0.3, 0.4) is 0 Å². The summed E-state index contributed by atoms with van der Waals surface area (Å²) in [5.41, 5.74) is 0. The number of aryl methyl sites for hydroxylation is 2. The van der Waals surface area contributed by atoms with Crippen LogP contribution in [-0.2, 0) is 13.0 Å². The van der Waals surface area contributed by atoms with Crippen LogP contribution >= 0.6 is 0 Å². The normalized spacial score (nSPS) is 10.2. The molecule has 0 saturated heterocycles. The standard InChI is InChI=1S/C7H13N3/c1-3-5-7-8-6-9-10(7)4-2/h6H,3-5H2,1-2H3. The molecule has 0 N–H and O–H groups in total. The van der Waals surface area contributed by atoms with Crippen molar-refractivity contribution in [2.45, 2.75) is 33.2 Å². The second-order valence-corrected chi connectivity index (χ2v) is 2.24. The van der Waals surface area contributed by atoms with Crippen molar-refractivity contribution in [3.05, 3.63) is 12.2 Å². The zero-order valence-corrected chi connectivity index (χ0v) is 6.54. The van der Waals surface area contributed by atoms with E-state index in [4.69, 9.17) is 0 Å². The van der Waals surface area contributed by atoms with Gasteiger partial charge in [0.05, 0.1) is 0 Å². The van der Waals surface area contributed by atoms with Gasteiger partial charge in [0.15, 0.2) is 0 Å². The summed E-state index contributed by atoms with van der Waals surface area (Å²) < 4.78 is 1.93. The molecule has 1 aromatic heterocycles. The molecule has 0 aliphatic rings. The molecule has 0 saturated carbocycles. The van der Waals surface area contributed by atoms with Crippen molar-refractivity contribution in [3.63, 3.8) is 0 Å². The molecule has 0 atom stereocenters. The predicted molar refractivity (Wildman–Crippen MR) is 39.7 cm³/mol. The number of nitrogens with zero attached hydrogens (tertiary/aromatic N) is 3. The fourth-order valence-corrected chi connectivity index (χ4v) is 0.969. The number of hydrogen-bond donors (Lipinski definition) is 0. The monoisotopic (exact) mass is 139 g/mol. The van der Waals surface area contributed by atoms with Crippen LogP contribution in [0, 0.1) is 0 Å². The Hall–Kier alpha value is -0.860. The van der Waals surface area contributed by atoms with E-state index in [9.17, 15) is 0 Å². The molecule has 0 aliphatic carbocycles. The predicted octanol–water partition coefficient (Wildman–Crippen LogP) is 1.25. The third-order valence-electron chi connectivity index (χ3n) is 1.47. The quantitative estimate of drug-likeness (QED) is 0.631. The molecule has 0 fully saturated rings. The topological polar surface area (TPSA) is 30.7 Å². The lowest BCUT2D eigenvalue weighted by molar-refractivity contribution is 0.609. The summed E-state index contributed by atoms with van der Waals surface area (Å²) in [5.74, 6) is 1.10. The van der Waals surface area contributed by atoms with Gasteiger partial charge in [0, 0.05) is 13.0 Å². The first-order valence-electron chi connectivity index (χ1n) is 3.75. The Morgan fingerprint density at radius 3 is 2.90 bits per heavy atom. The van der Waals surface area contributed by atoms with Gasteiger partial charge in [-0.05, 0) is 13.3 Å². The molecule has 0 aromatic carbocycles. The van der Waals surface area contributed by atoms with Gasteiger partial charge in [-0.25, -0.2) is 4.98 Å². The Bertz CT molecular complexity index is 192. The average Bonchev–Trinajstić information content (AvgIpc) is 2.36. The molecule has 3 nitrogen and oxygen atoms in total. The van der Waals surface area contributed by atoms with Crippen molar-refractivity contribution in [1.82, 2.24) is 14.8 Å². The maximum atomic E-state index is 4.13. The van der Waals surface area contributed by atoms with Crippen molar-refractivity contribution >= 4 is 0 Å². The molecule has 0 aliphatic heterocycles. The molecule has 56 valence electrons. The van der Waals surface area contributed by atoms with Crippen molar-refractivity contribution in [2.24, 2.45) is 0 Å². The Morgan fingerprint density at radius 1 is 1.50 bits per heavy atom. The van der Waals surface area contributed by atoms with E-state index in [-0.39, 0.29) is 0 Å². The third-order valence-corrected chi connectivity index (χ3v) is 1.47. The minimum atomic E-state index is 0.926. The van der Waals surface area contributed by atoms with E-state index in [0.29, 0.717) is 0 Å².